The Morgan fingerprint density at radius 1 is 0.966 bits per heavy atom. The van der Waals surface area contributed by atoms with Crippen LogP contribution < -0.4 is 16.8 Å². The molecule has 0 fully saturated rings. The summed E-state index contributed by atoms with van der Waals surface area (Å²) in [6.45, 7) is 1.07. The van der Waals surface area contributed by atoms with Crippen LogP contribution in [-0.2, 0) is 0 Å². The van der Waals surface area contributed by atoms with Crippen molar-refractivity contribution < 1.29 is 0 Å². The topological polar surface area (TPSA) is 92.2 Å². The summed E-state index contributed by atoms with van der Waals surface area (Å²) in [6, 6.07) is 15.5. The van der Waals surface area contributed by atoms with Crippen LogP contribution in [0, 0.1) is 0 Å². The van der Waals surface area contributed by atoms with Gasteiger partial charge in [0.1, 0.15) is 0 Å². The highest BCUT2D eigenvalue weighted by Gasteiger charge is 2.15. The number of fused-ring (bicyclic) bond motifs is 3. The van der Waals surface area contributed by atoms with Gasteiger partial charge in [-0.3, -0.25) is 4.99 Å². The molecule has 29 heavy (non-hydrogen) atoms. The van der Waals surface area contributed by atoms with Crippen molar-refractivity contribution in [1.82, 2.24) is 4.98 Å². The summed E-state index contributed by atoms with van der Waals surface area (Å²) >= 11 is 18.7. The molecule has 0 unspecified atom stereocenters. The number of anilines is 1. The highest BCUT2D eigenvalue weighted by Crippen LogP contribution is 2.40. The van der Waals surface area contributed by atoms with Crippen LogP contribution in [0.5, 0.6) is 0 Å². The van der Waals surface area contributed by atoms with Crippen LogP contribution >= 0.6 is 34.8 Å². The third-order valence-corrected chi connectivity index (χ3v) is 5.64. The summed E-state index contributed by atoms with van der Waals surface area (Å²) < 4.78 is 0. The zero-order valence-electron chi connectivity index (χ0n) is 15.3. The number of nitrogens with zero attached hydrogens (tertiary/aromatic N) is 1. The number of hydrogen-bond acceptors (Lipinski definition) is 2. The number of benzene rings is 3. The first kappa shape index (κ1) is 19.7. The number of aromatic amines is 1. The van der Waals surface area contributed by atoms with E-state index in [4.69, 9.17) is 46.3 Å². The monoisotopic (exact) mass is 445 g/mol. The molecular weight excluding hydrogens is 429 g/mol. The summed E-state index contributed by atoms with van der Waals surface area (Å²) in [5.41, 5.74) is 15.7. The van der Waals surface area contributed by atoms with E-state index in [1.807, 2.05) is 36.4 Å². The number of guanidine groups is 1. The van der Waals surface area contributed by atoms with Gasteiger partial charge in [0.25, 0.3) is 0 Å². The second kappa shape index (κ2) is 8.03. The standard InChI is InChI=1S/C21H18Cl3N5/c22-12-2-5-17-14(10-12)19-13(11-1-4-15(23)16(24)9-11)3-6-18(20(19)29-17)27-7-8-28-21(25)26/h1-6,9-10,27,29H,7-8H2,(H4,25,26,28). The first-order valence-corrected chi connectivity index (χ1v) is 10.1. The van der Waals surface area contributed by atoms with E-state index >= 15 is 0 Å². The van der Waals surface area contributed by atoms with Crippen LogP contribution in [0.2, 0.25) is 15.1 Å². The van der Waals surface area contributed by atoms with Gasteiger partial charge in [-0.2, -0.15) is 0 Å². The highest BCUT2D eigenvalue weighted by molar-refractivity contribution is 6.42. The van der Waals surface area contributed by atoms with Crippen molar-refractivity contribution in [2.24, 2.45) is 16.5 Å². The van der Waals surface area contributed by atoms with Crippen molar-refractivity contribution in [3.05, 3.63) is 63.6 Å². The average molecular weight is 447 g/mol. The van der Waals surface area contributed by atoms with Gasteiger partial charge in [-0.15, -0.1) is 0 Å². The van der Waals surface area contributed by atoms with Crippen LogP contribution in [0.1, 0.15) is 0 Å². The molecule has 0 amide bonds. The maximum atomic E-state index is 6.29. The zero-order chi connectivity index (χ0) is 20.5. The van der Waals surface area contributed by atoms with E-state index in [-0.39, 0.29) is 5.96 Å². The van der Waals surface area contributed by atoms with Gasteiger partial charge in [0.2, 0.25) is 0 Å². The van der Waals surface area contributed by atoms with Crippen molar-refractivity contribution in [2.45, 2.75) is 0 Å². The number of rotatable bonds is 5. The van der Waals surface area contributed by atoms with Crippen molar-refractivity contribution in [2.75, 3.05) is 18.4 Å². The molecule has 8 heteroatoms. The Bertz CT molecular complexity index is 1240. The molecule has 1 heterocycles. The van der Waals surface area contributed by atoms with Gasteiger partial charge in [0.15, 0.2) is 5.96 Å². The summed E-state index contributed by atoms with van der Waals surface area (Å²) in [7, 11) is 0. The van der Waals surface area contributed by atoms with E-state index in [2.05, 4.69) is 21.4 Å². The van der Waals surface area contributed by atoms with Gasteiger partial charge in [0.05, 0.1) is 27.8 Å². The molecule has 4 aromatic rings. The lowest BCUT2D eigenvalue weighted by Gasteiger charge is -2.11. The Kier molecular flexibility index (Phi) is 5.46. The van der Waals surface area contributed by atoms with Gasteiger partial charge in [-0.25, -0.2) is 0 Å². The third kappa shape index (κ3) is 3.94. The van der Waals surface area contributed by atoms with Gasteiger partial charge in [-0.1, -0.05) is 46.9 Å². The number of nitrogens with one attached hydrogen (secondary N) is 2. The van der Waals surface area contributed by atoms with Gasteiger partial charge in [-0.05, 0) is 47.5 Å². The lowest BCUT2D eigenvalue weighted by Crippen LogP contribution is -2.24. The Hall–Kier alpha value is -2.60. The second-order valence-electron chi connectivity index (χ2n) is 6.59. The van der Waals surface area contributed by atoms with E-state index in [9.17, 15) is 0 Å². The second-order valence-corrected chi connectivity index (χ2v) is 7.84. The summed E-state index contributed by atoms with van der Waals surface area (Å²) in [5, 5.41) is 7.17. The van der Waals surface area contributed by atoms with E-state index in [0.29, 0.717) is 28.2 Å². The van der Waals surface area contributed by atoms with Gasteiger partial charge >= 0.3 is 0 Å². The first-order valence-electron chi connectivity index (χ1n) is 8.92. The van der Waals surface area contributed by atoms with Crippen LogP contribution in [0.3, 0.4) is 0 Å². The lowest BCUT2D eigenvalue weighted by atomic mass is 9.98. The molecule has 6 N–H and O–H groups in total. The Morgan fingerprint density at radius 2 is 1.79 bits per heavy atom. The van der Waals surface area contributed by atoms with Crippen LogP contribution in [0.15, 0.2) is 53.5 Å². The largest absolute Gasteiger partial charge is 0.381 e. The van der Waals surface area contributed by atoms with Crippen molar-refractivity contribution in [1.29, 1.82) is 0 Å². The minimum Gasteiger partial charge on any atom is -0.381 e. The number of H-pyrrole nitrogens is 1. The minimum absolute atomic E-state index is 0.0761. The van der Waals surface area contributed by atoms with Crippen LogP contribution in [0.4, 0.5) is 5.69 Å². The molecule has 1 aromatic heterocycles. The predicted molar refractivity (Wildman–Crippen MR) is 125 cm³/mol. The molecule has 148 valence electrons. The van der Waals surface area contributed by atoms with Crippen LogP contribution in [-0.4, -0.2) is 24.0 Å². The van der Waals surface area contributed by atoms with Gasteiger partial charge in [0, 0.05) is 27.9 Å². The zero-order valence-corrected chi connectivity index (χ0v) is 17.5. The molecule has 4 rings (SSSR count). The van der Waals surface area contributed by atoms with E-state index in [0.717, 1.165) is 38.6 Å². The average Bonchev–Trinajstić information content (AvgIpc) is 3.06. The fourth-order valence-corrected chi connectivity index (χ4v) is 3.88. The number of aromatic nitrogens is 1. The molecular formula is C21H18Cl3N5. The molecule has 0 radical (unpaired) electrons. The molecule has 0 atom stereocenters. The van der Waals surface area contributed by atoms with Gasteiger partial charge < -0.3 is 21.8 Å². The molecule has 5 nitrogen and oxygen atoms in total. The fourth-order valence-electron chi connectivity index (χ4n) is 3.41. The molecule has 0 spiro atoms. The quantitative estimate of drug-likeness (QED) is 0.182. The SMILES string of the molecule is NC(N)=NCCNc1ccc(-c2ccc(Cl)c(Cl)c2)c2c1[nH]c1ccc(Cl)cc12. The number of hydrogen-bond donors (Lipinski definition) is 4. The smallest absolute Gasteiger partial charge is 0.185 e. The third-order valence-electron chi connectivity index (χ3n) is 4.67. The van der Waals surface area contributed by atoms with Crippen molar-refractivity contribution >= 4 is 68.3 Å². The molecule has 0 saturated heterocycles. The number of aliphatic imine (C=N–C) groups is 1. The summed E-state index contributed by atoms with van der Waals surface area (Å²) in [4.78, 5) is 7.51. The summed E-state index contributed by atoms with van der Waals surface area (Å²) in [5.74, 6) is 0.0761. The fraction of sp³-hybridized carbons (Fsp3) is 0.0952. The molecule has 0 bridgehead atoms. The normalized spacial score (nSPS) is 11.1. The molecule has 0 aliphatic rings. The minimum atomic E-state index is 0.0761. The van der Waals surface area contributed by atoms with Crippen molar-refractivity contribution in [3.63, 3.8) is 0 Å². The lowest BCUT2D eigenvalue weighted by molar-refractivity contribution is 1.02. The maximum absolute atomic E-state index is 6.29. The van der Waals surface area contributed by atoms with E-state index in [1.54, 1.807) is 6.07 Å². The van der Waals surface area contributed by atoms with E-state index in [1.165, 1.54) is 0 Å². The first-order chi connectivity index (χ1) is 13.9. The Morgan fingerprint density at radius 3 is 2.55 bits per heavy atom. The highest BCUT2D eigenvalue weighted by atomic mass is 35.5. The van der Waals surface area contributed by atoms with E-state index < -0.39 is 0 Å². The molecule has 0 aliphatic heterocycles. The molecule has 3 aromatic carbocycles. The predicted octanol–water partition coefficient (Wildman–Crippen LogP) is 5.63. The number of halogens is 3. The Labute approximate surface area is 182 Å². The molecule has 0 aliphatic carbocycles. The number of nitrogens with two attached hydrogens (primary N) is 2. The van der Waals surface area contributed by atoms with Crippen molar-refractivity contribution in [3.8, 4) is 11.1 Å². The maximum Gasteiger partial charge on any atom is 0.185 e. The Balaban J connectivity index is 1.89. The molecule has 0 saturated carbocycles. The van der Waals surface area contributed by atoms with Crippen LogP contribution in [0.25, 0.3) is 32.9 Å². The summed E-state index contributed by atoms with van der Waals surface area (Å²) in [6.07, 6.45) is 0.